The Morgan fingerprint density at radius 1 is 1.36 bits per heavy atom. The molecule has 0 radical (unpaired) electrons. The maximum atomic E-state index is 11.7. The molecule has 8 heteroatoms. The summed E-state index contributed by atoms with van der Waals surface area (Å²) in [5, 5.41) is 1.63. The smallest absolute Gasteiger partial charge is 0.344 e. The number of rotatable bonds is 1. The molecule has 1 fully saturated rings. The summed E-state index contributed by atoms with van der Waals surface area (Å²) in [5.74, 6) is -2.66. The van der Waals surface area contributed by atoms with Crippen LogP contribution in [0.5, 0.6) is 0 Å². The monoisotopic (exact) mass is 231 g/mol. The minimum atomic E-state index is -4.95. The average Bonchev–Trinajstić information content (AvgIpc) is 2.28. The lowest BCUT2D eigenvalue weighted by Crippen LogP contribution is -2.43. The van der Waals surface area contributed by atoms with Crippen molar-refractivity contribution in [3.8, 4) is 0 Å². The molecule has 1 amide bonds. The van der Waals surface area contributed by atoms with Crippen molar-refractivity contribution in [1.82, 2.24) is 5.32 Å². The molecule has 82 valence electrons. The van der Waals surface area contributed by atoms with Crippen molar-refractivity contribution in [3.05, 3.63) is 0 Å². The van der Waals surface area contributed by atoms with Crippen molar-refractivity contribution < 1.29 is 26.4 Å². The van der Waals surface area contributed by atoms with Crippen LogP contribution in [0.2, 0.25) is 0 Å². The lowest BCUT2D eigenvalue weighted by molar-refractivity contribution is -0.174. The molecular formula is C6H8F3NO3S. The van der Waals surface area contributed by atoms with Gasteiger partial charge in [0.25, 0.3) is 0 Å². The largest absolute Gasteiger partial charge is 0.471 e. The van der Waals surface area contributed by atoms with Gasteiger partial charge in [-0.3, -0.25) is 4.79 Å². The van der Waals surface area contributed by atoms with Gasteiger partial charge in [-0.25, -0.2) is 8.42 Å². The summed E-state index contributed by atoms with van der Waals surface area (Å²) in [4.78, 5) is 10.4. The van der Waals surface area contributed by atoms with E-state index in [-0.39, 0.29) is 12.2 Å². The molecule has 0 saturated carbocycles. The van der Waals surface area contributed by atoms with Gasteiger partial charge in [0, 0.05) is 6.04 Å². The lowest BCUT2D eigenvalue weighted by atomic mass is 10.2. The highest BCUT2D eigenvalue weighted by Crippen LogP contribution is 2.17. The predicted octanol–water partition coefficient (Wildman–Crippen LogP) is -0.148. The van der Waals surface area contributed by atoms with E-state index in [1.54, 1.807) is 5.32 Å². The van der Waals surface area contributed by atoms with Gasteiger partial charge in [-0.05, 0) is 6.42 Å². The van der Waals surface area contributed by atoms with Gasteiger partial charge >= 0.3 is 12.1 Å². The van der Waals surface area contributed by atoms with Crippen LogP contribution >= 0.6 is 0 Å². The van der Waals surface area contributed by atoms with Gasteiger partial charge in [-0.2, -0.15) is 13.2 Å². The number of halogens is 3. The quantitative estimate of drug-likeness (QED) is 0.682. The first kappa shape index (κ1) is 11.3. The molecule has 14 heavy (non-hydrogen) atoms. The maximum Gasteiger partial charge on any atom is 0.471 e. The first-order valence-corrected chi connectivity index (χ1v) is 5.61. The lowest BCUT2D eigenvalue weighted by Gasteiger charge is -2.12. The van der Waals surface area contributed by atoms with Crippen LogP contribution in [-0.4, -0.2) is 38.0 Å². The van der Waals surface area contributed by atoms with Crippen LogP contribution in [0.25, 0.3) is 0 Å². The zero-order valence-electron chi connectivity index (χ0n) is 6.97. The molecule has 0 spiro atoms. The van der Waals surface area contributed by atoms with Crippen LogP contribution in [-0.2, 0) is 14.6 Å². The molecule has 1 atom stereocenters. The summed E-state index contributed by atoms with van der Waals surface area (Å²) in [6.07, 6.45) is -4.91. The number of carbonyl (C=O) groups excluding carboxylic acids is 1. The van der Waals surface area contributed by atoms with E-state index in [0.717, 1.165) is 0 Å². The summed E-state index contributed by atoms with van der Waals surface area (Å²) in [6.45, 7) is 0. The SMILES string of the molecule is O=C(NC1CCS(=O)(=O)C1)C(F)(F)F. The number of carbonyl (C=O) groups is 1. The molecule has 1 rings (SSSR count). The van der Waals surface area contributed by atoms with Crippen molar-refractivity contribution in [1.29, 1.82) is 0 Å². The number of alkyl halides is 3. The number of nitrogens with one attached hydrogen (secondary N) is 1. The van der Waals surface area contributed by atoms with E-state index < -0.39 is 33.7 Å². The maximum absolute atomic E-state index is 11.7. The zero-order chi connectivity index (χ0) is 11.0. The van der Waals surface area contributed by atoms with E-state index >= 15 is 0 Å². The predicted molar refractivity (Wildman–Crippen MR) is 41.3 cm³/mol. The molecule has 1 unspecified atom stereocenters. The third-order valence-electron chi connectivity index (χ3n) is 1.83. The Balaban J connectivity index is 2.53. The second kappa shape index (κ2) is 3.41. The summed E-state index contributed by atoms with van der Waals surface area (Å²) in [7, 11) is -3.27. The molecule has 0 aromatic heterocycles. The highest BCUT2D eigenvalue weighted by atomic mass is 32.2. The summed E-state index contributed by atoms with van der Waals surface area (Å²) >= 11 is 0. The minimum Gasteiger partial charge on any atom is -0.344 e. The molecule has 1 saturated heterocycles. The first-order valence-electron chi connectivity index (χ1n) is 3.79. The van der Waals surface area contributed by atoms with E-state index in [1.165, 1.54) is 0 Å². The Kier molecular flexibility index (Phi) is 2.75. The van der Waals surface area contributed by atoms with E-state index in [9.17, 15) is 26.4 Å². The van der Waals surface area contributed by atoms with Crippen LogP contribution in [0.15, 0.2) is 0 Å². The van der Waals surface area contributed by atoms with Gasteiger partial charge in [0.2, 0.25) is 0 Å². The second-order valence-electron chi connectivity index (χ2n) is 3.07. The highest BCUT2D eigenvalue weighted by molar-refractivity contribution is 7.91. The fourth-order valence-electron chi connectivity index (χ4n) is 1.18. The Morgan fingerprint density at radius 2 is 1.93 bits per heavy atom. The molecule has 0 aromatic rings. The third-order valence-corrected chi connectivity index (χ3v) is 3.59. The number of hydrogen-bond acceptors (Lipinski definition) is 3. The highest BCUT2D eigenvalue weighted by Gasteiger charge is 2.41. The van der Waals surface area contributed by atoms with Gasteiger partial charge in [-0.15, -0.1) is 0 Å². The van der Waals surface area contributed by atoms with Crippen molar-refractivity contribution in [3.63, 3.8) is 0 Å². The van der Waals surface area contributed by atoms with Crippen LogP contribution in [0.1, 0.15) is 6.42 Å². The topological polar surface area (TPSA) is 63.2 Å². The molecule has 1 aliphatic rings. The van der Waals surface area contributed by atoms with Gasteiger partial charge in [0.1, 0.15) is 0 Å². The number of sulfone groups is 1. The van der Waals surface area contributed by atoms with Crippen molar-refractivity contribution in [2.24, 2.45) is 0 Å². The van der Waals surface area contributed by atoms with E-state index in [4.69, 9.17) is 0 Å². The summed E-state index contributed by atoms with van der Waals surface area (Å²) < 4.78 is 56.9. The van der Waals surface area contributed by atoms with E-state index in [0.29, 0.717) is 0 Å². The minimum absolute atomic E-state index is 0.0458. The van der Waals surface area contributed by atoms with Crippen LogP contribution in [0.4, 0.5) is 13.2 Å². The second-order valence-corrected chi connectivity index (χ2v) is 5.30. The van der Waals surface area contributed by atoms with Gasteiger partial charge in [-0.1, -0.05) is 0 Å². The summed E-state index contributed by atoms with van der Waals surface area (Å²) in [5.41, 5.74) is 0. The summed E-state index contributed by atoms with van der Waals surface area (Å²) in [6, 6.07) is -0.908. The Morgan fingerprint density at radius 3 is 2.29 bits per heavy atom. The van der Waals surface area contributed by atoms with Crippen molar-refractivity contribution >= 4 is 15.7 Å². The van der Waals surface area contributed by atoms with Crippen molar-refractivity contribution in [2.45, 2.75) is 18.6 Å². The first-order chi connectivity index (χ1) is 6.21. The van der Waals surface area contributed by atoms with Gasteiger partial charge in [0.15, 0.2) is 9.84 Å². The molecule has 0 aromatic carbocycles. The normalized spacial score (nSPS) is 26.1. The number of hydrogen-bond donors (Lipinski definition) is 1. The Hall–Kier alpha value is -0.790. The van der Waals surface area contributed by atoms with E-state index in [2.05, 4.69) is 0 Å². The van der Waals surface area contributed by atoms with Gasteiger partial charge in [0.05, 0.1) is 11.5 Å². The molecule has 0 aliphatic carbocycles. The standard InChI is InChI=1S/C6H8F3NO3S/c7-6(8,9)5(11)10-4-1-2-14(12,13)3-4/h4H,1-3H2,(H,10,11). The molecule has 0 bridgehead atoms. The van der Waals surface area contributed by atoms with Crippen molar-refractivity contribution in [2.75, 3.05) is 11.5 Å². The molecule has 1 heterocycles. The third kappa shape index (κ3) is 2.86. The molecule has 1 N–H and O–H groups in total. The fourth-order valence-corrected chi connectivity index (χ4v) is 2.85. The van der Waals surface area contributed by atoms with Gasteiger partial charge < -0.3 is 5.32 Å². The molecule has 1 aliphatic heterocycles. The molecular weight excluding hydrogens is 223 g/mol. The van der Waals surface area contributed by atoms with Crippen LogP contribution < -0.4 is 5.32 Å². The fraction of sp³-hybridized carbons (Fsp3) is 0.833. The van der Waals surface area contributed by atoms with Crippen LogP contribution in [0.3, 0.4) is 0 Å². The van der Waals surface area contributed by atoms with E-state index in [1.807, 2.05) is 0 Å². The van der Waals surface area contributed by atoms with Crippen LogP contribution in [0, 0.1) is 0 Å². The number of amides is 1. The average molecular weight is 231 g/mol. The zero-order valence-corrected chi connectivity index (χ0v) is 7.78. The molecule has 4 nitrogen and oxygen atoms in total. The Bertz CT molecular complexity index is 335. The Labute approximate surface area is 78.4 Å².